The molecule has 0 aliphatic carbocycles. The summed E-state index contributed by atoms with van der Waals surface area (Å²) in [7, 11) is 1.55. The van der Waals surface area contributed by atoms with Crippen LogP contribution in [-0.4, -0.2) is 67.2 Å². The van der Waals surface area contributed by atoms with E-state index in [2.05, 4.69) is 0 Å². The van der Waals surface area contributed by atoms with Gasteiger partial charge in [-0.15, -0.1) is 0 Å². The summed E-state index contributed by atoms with van der Waals surface area (Å²) in [5.41, 5.74) is 0.0998. The van der Waals surface area contributed by atoms with Crippen LogP contribution in [0.1, 0.15) is 31.1 Å². The minimum Gasteiger partial charge on any atom is -0.444 e. The van der Waals surface area contributed by atoms with Crippen molar-refractivity contribution in [1.82, 2.24) is 4.90 Å². The Morgan fingerprint density at radius 1 is 1.37 bits per heavy atom. The lowest BCUT2D eigenvalue weighted by Crippen LogP contribution is -2.58. The summed E-state index contributed by atoms with van der Waals surface area (Å²) >= 11 is 0. The van der Waals surface area contributed by atoms with E-state index in [1.54, 1.807) is 38.8 Å². The summed E-state index contributed by atoms with van der Waals surface area (Å²) < 4.78 is 10.7. The highest BCUT2D eigenvalue weighted by Crippen LogP contribution is 2.27. The molecule has 1 aliphatic heterocycles. The molecule has 2 rings (SSSR count). The Labute approximate surface area is 158 Å². The summed E-state index contributed by atoms with van der Waals surface area (Å²) in [6.45, 7) is 7.00. The number of non-ortho nitro benzene ring substituents is 1. The second-order valence-corrected chi connectivity index (χ2v) is 7.35. The number of methoxy groups -OCH3 is 1. The number of anilines is 1. The largest absolute Gasteiger partial charge is 0.444 e. The molecule has 0 aromatic heterocycles. The van der Waals surface area contributed by atoms with Crippen LogP contribution in [0.4, 0.5) is 16.2 Å². The average molecular weight is 379 g/mol. The van der Waals surface area contributed by atoms with E-state index in [1.165, 1.54) is 12.1 Å². The molecule has 0 N–H and O–H groups in total. The zero-order valence-electron chi connectivity index (χ0n) is 16.0. The van der Waals surface area contributed by atoms with Gasteiger partial charge >= 0.3 is 6.09 Å². The molecular weight excluding hydrogens is 354 g/mol. The molecule has 148 valence electrons. The summed E-state index contributed by atoms with van der Waals surface area (Å²) in [4.78, 5) is 37.8. The maximum Gasteiger partial charge on any atom is 0.410 e. The van der Waals surface area contributed by atoms with E-state index in [1.807, 2.05) is 4.90 Å². The maximum atomic E-state index is 12.5. The van der Waals surface area contributed by atoms with Crippen LogP contribution in [0.2, 0.25) is 0 Å². The highest BCUT2D eigenvalue weighted by molar-refractivity contribution is 5.86. The van der Waals surface area contributed by atoms with E-state index in [-0.39, 0.29) is 17.3 Å². The third-order valence-electron chi connectivity index (χ3n) is 4.16. The standard InChI is InChI=1S/C18H25N3O6/c1-18(2,3)27-17(23)20-8-7-19(10-15(20)12-26-4)16-6-5-14(21(24)25)9-13(16)11-22/h5-6,9,11,15H,7-8,10,12H2,1-4H3/t15-/m1/s1. The van der Waals surface area contributed by atoms with Gasteiger partial charge in [0, 0.05) is 50.1 Å². The number of nitro groups is 1. The zero-order chi connectivity index (χ0) is 20.2. The van der Waals surface area contributed by atoms with Crippen molar-refractivity contribution in [3.05, 3.63) is 33.9 Å². The van der Waals surface area contributed by atoms with Gasteiger partial charge in [0.25, 0.3) is 5.69 Å². The molecule has 1 atom stereocenters. The molecule has 0 saturated carbocycles. The first-order valence-electron chi connectivity index (χ1n) is 8.63. The first kappa shape index (κ1) is 20.6. The van der Waals surface area contributed by atoms with E-state index >= 15 is 0 Å². The number of hydrogen-bond donors (Lipinski definition) is 0. The second kappa shape index (κ2) is 8.34. The van der Waals surface area contributed by atoms with E-state index in [0.717, 1.165) is 0 Å². The van der Waals surface area contributed by atoms with E-state index in [9.17, 15) is 19.7 Å². The number of hydrogen-bond acceptors (Lipinski definition) is 7. The summed E-state index contributed by atoms with van der Waals surface area (Å²) in [6.07, 6.45) is 0.192. The van der Waals surface area contributed by atoms with Crippen LogP contribution >= 0.6 is 0 Å². The van der Waals surface area contributed by atoms with Gasteiger partial charge in [0.2, 0.25) is 0 Å². The SMILES string of the molecule is COC[C@H]1CN(c2ccc([N+](=O)[O-])cc2C=O)CCN1C(=O)OC(C)(C)C. The third kappa shape index (κ3) is 5.16. The summed E-state index contributed by atoms with van der Waals surface area (Å²) in [5.74, 6) is 0. The van der Waals surface area contributed by atoms with Crippen LogP contribution in [0.15, 0.2) is 18.2 Å². The van der Waals surface area contributed by atoms with E-state index in [0.29, 0.717) is 38.2 Å². The fourth-order valence-corrected chi connectivity index (χ4v) is 3.01. The Kier molecular flexibility index (Phi) is 6.37. The minimum absolute atomic E-state index is 0.137. The summed E-state index contributed by atoms with van der Waals surface area (Å²) in [5, 5.41) is 10.9. The highest BCUT2D eigenvalue weighted by Gasteiger charge is 2.34. The first-order valence-corrected chi connectivity index (χ1v) is 8.63. The fourth-order valence-electron chi connectivity index (χ4n) is 3.01. The van der Waals surface area contributed by atoms with Gasteiger partial charge in [0.1, 0.15) is 5.60 Å². The van der Waals surface area contributed by atoms with Gasteiger partial charge in [-0.25, -0.2) is 4.79 Å². The number of nitrogens with zero attached hydrogens (tertiary/aromatic N) is 3. The lowest BCUT2D eigenvalue weighted by molar-refractivity contribution is -0.384. The van der Waals surface area contributed by atoms with Gasteiger partial charge in [-0.1, -0.05) is 0 Å². The number of nitro benzene ring substituents is 1. The number of ether oxygens (including phenoxy) is 2. The molecule has 1 saturated heterocycles. The van der Waals surface area contributed by atoms with Gasteiger partial charge < -0.3 is 14.4 Å². The molecule has 1 aromatic carbocycles. The molecule has 1 amide bonds. The van der Waals surface area contributed by atoms with Gasteiger partial charge in [0.15, 0.2) is 6.29 Å². The van der Waals surface area contributed by atoms with Crippen LogP contribution in [0.25, 0.3) is 0 Å². The minimum atomic E-state index is -0.602. The monoisotopic (exact) mass is 379 g/mol. The Balaban J connectivity index is 2.22. The van der Waals surface area contributed by atoms with Gasteiger partial charge in [0.05, 0.1) is 17.6 Å². The molecular formula is C18H25N3O6. The molecule has 1 aliphatic rings. The molecule has 0 bridgehead atoms. The number of carbonyl (C=O) groups excluding carboxylic acids is 2. The van der Waals surface area contributed by atoms with Crippen molar-refractivity contribution in [2.45, 2.75) is 32.4 Å². The molecule has 0 spiro atoms. The van der Waals surface area contributed by atoms with Crippen molar-refractivity contribution in [3.8, 4) is 0 Å². The Morgan fingerprint density at radius 2 is 2.07 bits per heavy atom. The third-order valence-corrected chi connectivity index (χ3v) is 4.16. The number of rotatable bonds is 5. The quantitative estimate of drug-likeness (QED) is 0.440. The highest BCUT2D eigenvalue weighted by atomic mass is 16.6. The van der Waals surface area contributed by atoms with Crippen molar-refractivity contribution < 1.29 is 24.0 Å². The van der Waals surface area contributed by atoms with Crippen LogP contribution in [-0.2, 0) is 9.47 Å². The number of benzene rings is 1. The predicted molar refractivity (Wildman–Crippen MR) is 99.3 cm³/mol. The molecule has 1 aromatic rings. The van der Waals surface area contributed by atoms with Crippen molar-refractivity contribution in [1.29, 1.82) is 0 Å². The van der Waals surface area contributed by atoms with Crippen LogP contribution in [0.5, 0.6) is 0 Å². The van der Waals surface area contributed by atoms with Gasteiger partial charge in [-0.2, -0.15) is 0 Å². The smallest absolute Gasteiger partial charge is 0.410 e. The number of amides is 1. The normalized spacial score (nSPS) is 17.6. The Morgan fingerprint density at radius 3 is 2.63 bits per heavy atom. The Hall–Kier alpha value is -2.68. The first-order chi connectivity index (χ1) is 12.7. The van der Waals surface area contributed by atoms with Gasteiger partial charge in [-0.05, 0) is 26.8 Å². The van der Waals surface area contributed by atoms with Gasteiger partial charge in [-0.3, -0.25) is 19.8 Å². The van der Waals surface area contributed by atoms with Crippen molar-refractivity contribution in [2.75, 3.05) is 38.3 Å². The van der Waals surface area contributed by atoms with Crippen LogP contribution in [0, 0.1) is 10.1 Å². The maximum absolute atomic E-state index is 12.5. The molecule has 9 nitrogen and oxygen atoms in total. The molecule has 0 unspecified atom stereocenters. The van der Waals surface area contributed by atoms with Crippen LogP contribution in [0.3, 0.4) is 0 Å². The number of carbonyl (C=O) groups is 2. The van der Waals surface area contributed by atoms with Crippen molar-refractivity contribution in [3.63, 3.8) is 0 Å². The fraction of sp³-hybridized carbons (Fsp3) is 0.556. The van der Waals surface area contributed by atoms with E-state index in [4.69, 9.17) is 9.47 Å². The predicted octanol–water partition coefficient (Wildman–Crippen LogP) is 2.48. The van der Waals surface area contributed by atoms with Crippen molar-refractivity contribution in [2.24, 2.45) is 0 Å². The van der Waals surface area contributed by atoms with E-state index < -0.39 is 16.6 Å². The molecule has 27 heavy (non-hydrogen) atoms. The molecule has 1 heterocycles. The molecule has 1 fully saturated rings. The van der Waals surface area contributed by atoms with Crippen LogP contribution < -0.4 is 4.90 Å². The second-order valence-electron chi connectivity index (χ2n) is 7.35. The number of piperazine rings is 1. The molecule has 0 radical (unpaired) electrons. The Bertz CT molecular complexity index is 716. The van der Waals surface area contributed by atoms with Crippen molar-refractivity contribution >= 4 is 23.8 Å². The average Bonchev–Trinajstić information content (AvgIpc) is 2.59. The topological polar surface area (TPSA) is 102 Å². The summed E-state index contributed by atoms with van der Waals surface area (Å²) in [6, 6.07) is 3.92. The molecule has 9 heteroatoms. The number of aldehydes is 1. The lowest BCUT2D eigenvalue weighted by atomic mass is 10.1. The lowest BCUT2D eigenvalue weighted by Gasteiger charge is -2.42. The zero-order valence-corrected chi connectivity index (χ0v) is 16.0.